The lowest BCUT2D eigenvalue weighted by Crippen LogP contribution is -2.37. The highest BCUT2D eigenvalue weighted by Gasteiger charge is 2.52. The minimum absolute atomic E-state index is 0.184. The molecule has 1 aromatic rings. The normalized spacial score (nSPS) is 26.4. The van der Waals surface area contributed by atoms with Gasteiger partial charge in [-0.05, 0) is 12.0 Å². The van der Waals surface area contributed by atoms with Gasteiger partial charge in [-0.25, -0.2) is 0 Å². The highest BCUT2D eigenvalue weighted by molar-refractivity contribution is 5.73. The molecule has 0 N–H and O–H groups in total. The zero-order valence-corrected chi connectivity index (χ0v) is 17.0. The summed E-state index contributed by atoms with van der Waals surface area (Å²) in [7, 11) is 0. The van der Waals surface area contributed by atoms with Gasteiger partial charge in [0.05, 0.1) is 19.6 Å². The maximum Gasteiger partial charge on any atom is 0.309 e. The number of esters is 1. The summed E-state index contributed by atoms with van der Waals surface area (Å²) in [5, 5.41) is 0. The summed E-state index contributed by atoms with van der Waals surface area (Å²) in [5.74, 6) is -0.203. The van der Waals surface area contributed by atoms with Crippen LogP contribution in [0.4, 0.5) is 0 Å². The predicted octanol–water partition coefficient (Wildman–Crippen LogP) is 4.42. The second-order valence-corrected chi connectivity index (χ2v) is 7.83. The first-order chi connectivity index (χ1) is 13.8. The molecule has 0 amide bonds. The van der Waals surface area contributed by atoms with Crippen LogP contribution in [0, 0.1) is 0 Å². The largest absolute Gasteiger partial charge is 0.457 e. The van der Waals surface area contributed by atoms with Gasteiger partial charge in [-0.1, -0.05) is 75.8 Å². The molecule has 2 aliphatic rings. The van der Waals surface area contributed by atoms with Crippen LogP contribution in [0.3, 0.4) is 0 Å². The van der Waals surface area contributed by atoms with Gasteiger partial charge in [0, 0.05) is 6.61 Å². The molecular formula is C23H34O5. The Morgan fingerprint density at radius 2 is 1.79 bits per heavy atom. The third-order valence-electron chi connectivity index (χ3n) is 5.50. The van der Waals surface area contributed by atoms with E-state index in [-0.39, 0.29) is 30.4 Å². The summed E-state index contributed by atoms with van der Waals surface area (Å²) >= 11 is 0. The molecule has 2 heterocycles. The molecule has 0 aromatic heterocycles. The lowest BCUT2D eigenvalue weighted by atomic mass is 10.1. The van der Waals surface area contributed by atoms with E-state index in [1.807, 2.05) is 30.3 Å². The van der Waals surface area contributed by atoms with Crippen LogP contribution in [0.5, 0.6) is 0 Å². The standard InChI is InChI=1S/C23H34O5/c1-2-3-4-5-6-7-11-14-25-17-20-22(23-19(27-20)15-21(24)28-23)26-16-18-12-9-8-10-13-18/h8-10,12-13,19-20,22-23H,2-7,11,14-17H2,1H3/t19-,20-,22+,23+/m1/s1. The monoisotopic (exact) mass is 390 g/mol. The lowest BCUT2D eigenvalue weighted by Gasteiger charge is -2.22. The molecule has 28 heavy (non-hydrogen) atoms. The van der Waals surface area contributed by atoms with Crippen molar-refractivity contribution in [2.45, 2.75) is 89.3 Å². The maximum atomic E-state index is 11.6. The van der Waals surface area contributed by atoms with Crippen molar-refractivity contribution < 1.29 is 23.7 Å². The Kier molecular flexibility index (Phi) is 8.77. The van der Waals surface area contributed by atoms with Crippen LogP contribution in [0.2, 0.25) is 0 Å². The van der Waals surface area contributed by atoms with E-state index in [4.69, 9.17) is 18.9 Å². The first-order valence-corrected chi connectivity index (χ1v) is 10.9. The van der Waals surface area contributed by atoms with Crippen LogP contribution in [-0.4, -0.2) is 43.6 Å². The van der Waals surface area contributed by atoms with E-state index in [0.717, 1.165) is 18.6 Å². The van der Waals surface area contributed by atoms with E-state index < -0.39 is 0 Å². The molecule has 0 unspecified atom stereocenters. The van der Waals surface area contributed by atoms with Crippen LogP contribution < -0.4 is 0 Å². The van der Waals surface area contributed by atoms with Gasteiger partial charge < -0.3 is 18.9 Å². The molecule has 5 heteroatoms. The van der Waals surface area contributed by atoms with E-state index in [2.05, 4.69) is 6.92 Å². The minimum Gasteiger partial charge on any atom is -0.457 e. The third-order valence-corrected chi connectivity index (χ3v) is 5.50. The number of hydrogen-bond acceptors (Lipinski definition) is 5. The molecule has 1 aromatic carbocycles. The molecule has 4 atom stereocenters. The highest BCUT2D eigenvalue weighted by atomic mass is 16.6. The van der Waals surface area contributed by atoms with Gasteiger partial charge in [0.1, 0.15) is 18.3 Å². The van der Waals surface area contributed by atoms with Gasteiger partial charge in [0.25, 0.3) is 0 Å². The van der Waals surface area contributed by atoms with E-state index >= 15 is 0 Å². The average molecular weight is 391 g/mol. The first-order valence-electron chi connectivity index (χ1n) is 10.9. The molecule has 156 valence electrons. The summed E-state index contributed by atoms with van der Waals surface area (Å²) in [5.41, 5.74) is 1.10. The quantitative estimate of drug-likeness (QED) is 0.369. The summed E-state index contributed by atoms with van der Waals surface area (Å²) in [6.45, 7) is 3.95. The van der Waals surface area contributed by atoms with Gasteiger partial charge >= 0.3 is 5.97 Å². The van der Waals surface area contributed by atoms with Crippen molar-refractivity contribution >= 4 is 5.97 Å². The average Bonchev–Trinajstić information content (AvgIpc) is 3.21. The topological polar surface area (TPSA) is 54.0 Å². The third kappa shape index (κ3) is 6.29. The Bertz CT molecular complexity index is 576. The molecule has 3 rings (SSSR count). The van der Waals surface area contributed by atoms with Crippen LogP contribution >= 0.6 is 0 Å². The first kappa shape index (κ1) is 21.3. The number of rotatable bonds is 13. The summed E-state index contributed by atoms with van der Waals surface area (Å²) in [6.07, 6.45) is 8.20. The molecule has 2 fully saturated rings. The second-order valence-electron chi connectivity index (χ2n) is 7.83. The number of carbonyl (C=O) groups is 1. The predicted molar refractivity (Wildman–Crippen MR) is 107 cm³/mol. The zero-order chi connectivity index (χ0) is 19.6. The fourth-order valence-electron chi connectivity index (χ4n) is 3.94. The number of carbonyl (C=O) groups excluding carboxylic acids is 1. The number of benzene rings is 1. The van der Waals surface area contributed by atoms with Gasteiger partial charge in [-0.3, -0.25) is 4.79 Å². The van der Waals surface area contributed by atoms with Crippen molar-refractivity contribution in [3.05, 3.63) is 35.9 Å². The maximum absolute atomic E-state index is 11.6. The summed E-state index contributed by atoms with van der Waals surface area (Å²) in [6, 6.07) is 10.0. The summed E-state index contributed by atoms with van der Waals surface area (Å²) < 4.78 is 23.5. The van der Waals surface area contributed by atoms with Crippen molar-refractivity contribution in [2.24, 2.45) is 0 Å². The van der Waals surface area contributed by atoms with Crippen LogP contribution in [0.25, 0.3) is 0 Å². The Balaban J connectivity index is 1.39. The van der Waals surface area contributed by atoms with E-state index in [9.17, 15) is 4.79 Å². The Hall–Kier alpha value is -1.43. The number of hydrogen-bond donors (Lipinski definition) is 0. The van der Waals surface area contributed by atoms with E-state index in [1.54, 1.807) is 0 Å². The molecule has 0 saturated carbocycles. The number of fused-ring (bicyclic) bond motifs is 1. The second kappa shape index (κ2) is 11.5. The lowest BCUT2D eigenvalue weighted by molar-refractivity contribution is -0.149. The fraction of sp³-hybridized carbons (Fsp3) is 0.696. The van der Waals surface area contributed by atoms with Crippen molar-refractivity contribution in [3.63, 3.8) is 0 Å². The molecule has 0 spiro atoms. The molecular weight excluding hydrogens is 356 g/mol. The van der Waals surface area contributed by atoms with Crippen molar-refractivity contribution in [3.8, 4) is 0 Å². The number of ether oxygens (including phenoxy) is 4. The van der Waals surface area contributed by atoms with Crippen LogP contribution in [-0.2, 0) is 30.3 Å². The zero-order valence-electron chi connectivity index (χ0n) is 17.0. The van der Waals surface area contributed by atoms with Gasteiger partial charge in [-0.2, -0.15) is 0 Å². The molecule has 5 nitrogen and oxygen atoms in total. The van der Waals surface area contributed by atoms with Gasteiger partial charge in [0.2, 0.25) is 0 Å². The smallest absolute Gasteiger partial charge is 0.309 e. The van der Waals surface area contributed by atoms with Crippen molar-refractivity contribution in [1.29, 1.82) is 0 Å². The number of unbranched alkanes of at least 4 members (excludes halogenated alkanes) is 6. The highest BCUT2D eigenvalue weighted by Crippen LogP contribution is 2.34. The Morgan fingerprint density at radius 3 is 2.57 bits per heavy atom. The van der Waals surface area contributed by atoms with Crippen molar-refractivity contribution in [1.82, 2.24) is 0 Å². The van der Waals surface area contributed by atoms with E-state index in [0.29, 0.717) is 19.6 Å². The molecule has 0 aliphatic carbocycles. The SMILES string of the molecule is CCCCCCCCCOC[C@H]1O[C@@H]2CC(=O)O[C@@H]2[C@H]1OCc1ccccc1. The molecule has 2 saturated heterocycles. The Labute approximate surface area is 168 Å². The molecule has 0 bridgehead atoms. The summed E-state index contributed by atoms with van der Waals surface area (Å²) in [4.78, 5) is 11.6. The van der Waals surface area contributed by atoms with Gasteiger partial charge in [0.15, 0.2) is 6.10 Å². The molecule has 2 aliphatic heterocycles. The van der Waals surface area contributed by atoms with Gasteiger partial charge in [-0.15, -0.1) is 0 Å². The van der Waals surface area contributed by atoms with Crippen LogP contribution in [0.15, 0.2) is 30.3 Å². The molecule has 0 radical (unpaired) electrons. The Morgan fingerprint density at radius 1 is 1.04 bits per heavy atom. The minimum atomic E-state index is -0.316. The van der Waals surface area contributed by atoms with Crippen molar-refractivity contribution in [2.75, 3.05) is 13.2 Å². The fourth-order valence-corrected chi connectivity index (χ4v) is 3.94. The van der Waals surface area contributed by atoms with E-state index in [1.165, 1.54) is 38.5 Å². The van der Waals surface area contributed by atoms with Crippen LogP contribution in [0.1, 0.15) is 63.9 Å².